The molecule has 19 heavy (non-hydrogen) atoms. The molecule has 0 saturated carbocycles. The molecule has 6 nitrogen and oxygen atoms in total. The predicted molar refractivity (Wildman–Crippen MR) is 65.9 cm³/mol. The topological polar surface area (TPSA) is 115 Å². The van der Waals surface area contributed by atoms with Crippen LogP contribution in [0.5, 0.6) is 0 Å². The molecule has 0 aliphatic heterocycles. The third kappa shape index (κ3) is 11.5. The minimum atomic E-state index is -1.83. The largest absolute Gasteiger partial charge is 0.503 e. The van der Waals surface area contributed by atoms with E-state index in [0.717, 1.165) is 0 Å². The zero-order chi connectivity index (χ0) is 15.1. The molecule has 0 spiro atoms. The summed E-state index contributed by atoms with van der Waals surface area (Å²) in [6.07, 6.45) is -0.231. The summed E-state index contributed by atoms with van der Waals surface area (Å²) < 4.78 is 0. The van der Waals surface area contributed by atoms with Gasteiger partial charge < -0.3 is 20.4 Å². The Balaban J connectivity index is -0.000000242. The molecule has 113 valence electrons. The first-order valence-corrected chi connectivity index (χ1v) is 5.05. The van der Waals surface area contributed by atoms with E-state index in [1.165, 1.54) is 16.7 Å². The molecule has 0 aromatic carbocycles. The summed E-state index contributed by atoms with van der Waals surface area (Å²) in [7, 11) is 0. The van der Waals surface area contributed by atoms with Crippen molar-refractivity contribution in [3.8, 4) is 0 Å². The van der Waals surface area contributed by atoms with Gasteiger partial charge in [0.2, 0.25) is 0 Å². The average Bonchev–Trinajstić information content (AvgIpc) is 2.27. The van der Waals surface area contributed by atoms with E-state index in [2.05, 4.69) is 40.7 Å². The van der Waals surface area contributed by atoms with Crippen LogP contribution >= 0.6 is 0 Å². The molecule has 1 radical (unpaired) electrons. The Morgan fingerprint density at radius 2 is 1.21 bits per heavy atom. The van der Waals surface area contributed by atoms with E-state index in [9.17, 15) is 0 Å². The molecule has 0 atom stereocenters. The summed E-state index contributed by atoms with van der Waals surface area (Å²) in [6.45, 7) is 10.9. The molecule has 0 heterocycles. The quantitative estimate of drug-likeness (QED) is 0.387. The number of carbonyl (C=O) groups is 2. The molecule has 7 heteroatoms. The predicted octanol–water partition coefficient (Wildman–Crippen LogP) is 3.55. The van der Waals surface area contributed by atoms with Crippen molar-refractivity contribution in [2.75, 3.05) is 0 Å². The van der Waals surface area contributed by atoms with Gasteiger partial charge >= 0.3 is 12.3 Å². The molecule has 0 amide bonds. The molecule has 0 aromatic rings. The van der Waals surface area contributed by atoms with Crippen LogP contribution in [0.3, 0.4) is 0 Å². The van der Waals surface area contributed by atoms with Crippen molar-refractivity contribution in [1.82, 2.24) is 0 Å². The van der Waals surface area contributed by atoms with Crippen LogP contribution in [0.1, 0.15) is 34.6 Å². The van der Waals surface area contributed by atoms with Gasteiger partial charge in [0, 0.05) is 19.5 Å². The second-order valence-electron chi connectivity index (χ2n) is 4.19. The van der Waals surface area contributed by atoms with E-state index in [4.69, 9.17) is 30.0 Å². The van der Waals surface area contributed by atoms with Gasteiger partial charge in [-0.1, -0.05) is 33.1 Å². The third-order valence-electron chi connectivity index (χ3n) is 2.56. The Kier molecular flexibility index (Phi) is 11.5. The van der Waals surface area contributed by atoms with Gasteiger partial charge in [0.15, 0.2) is 0 Å². The second-order valence-corrected chi connectivity index (χ2v) is 4.19. The van der Waals surface area contributed by atoms with Gasteiger partial charge in [0.1, 0.15) is 0 Å². The molecule has 1 aliphatic rings. The Morgan fingerprint density at radius 1 is 0.947 bits per heavy atom. The molecule has 1 rings (SSSR count). The maximum atomic E-state index is 8.56. The molecule has 4 N–H and O–H groups in total. The number of hydrogen-bond donors (Lipinski definition) is 4. The number of hydrogen-bond acceptors (Lipinski definition) is 2. The van der Waals surface area contributed by atoms with Crippen LogP contribution in [0.2, 0.25) is 0 Å². The summed E-state index contributed by atoms with van der Waals surface area (Å²) in [6, 6.07) is 0. The van der Waals surface area contributed by atoms with E-state index in [0.29, 0.717) is 0 Å². The molecule has 0 saturated heterocycles. The summed E-state index contributed by atoms with van der Waals surface area (Å²) in [5.41, 5.74) is 4.39. The molecule has 0 aromatic heterocycles. The van der Waals surface area contributed by atoms with Crippen molar-refractivity contribution in [2.24, 2.45) is 5.41 Å². The smallest absolute Gasteiger partial charge is 0.450 e. The van der Waals surface area contributed by atoms with Gasteiger partial charge in [-0.15, -0.1) is 6.92 Å². The molecule has 0 bridgehead atoms. The standard InChI is InChI=1S/C10H15.2CH2O3.Rh/c1-7-6-10(4,5)9(3)8(7)2;2*2-1(3)4;/h1-5H3;2*(H2,2,3,4);/q-1;;;. The first-order chi connectivity index (χ1) is 7.91. The first-order valence-electron chi connectivity index (χ1n) is 5.05. The van der Waals surface area contributed by atoms with Crippen LogP contribution in [0.15, 0.2) is 16.7 Å². The number of allylic oxidation sites excluding steroid dienone is 4. The first kappa shape index (κ1) is 22.8. The molecule has 1 aliphatic carbocycles. The van der Waals surface area contributed by atoms with Crippen molar-refractivity contribution in [2.45, 2.75) is 34.6 Å². The van der Waals surface area contributed by atoms with Crippen LogP contribution in [-0.4, -0.2) is 32.7 Å². The third-order valence-corrected chi connectivity index (χ3v) is 2.56. The Hall–Kier alpha value is -1.36. The van der Waals surface area contributed by atoms with Crippen molar-refractivity contribution in [3.63, 3.8) is 0 Å². The molecular weight excluding hydrogens is 343 g/mol. The molecule has 0 unspecified atom stereocenters. The summed E-state index contributed by atoms with van der Waals surface area (Å²) in [5.74, 6) is 0. The van der Waals surface area contributed by atoms with Gasteiger partial charge in [0.25, 0.3) is 0 Å². The van der Waals surface area contributed by atoms with Crippen molar-refractivity contribution >= 4 is 12.3 Å². The summed E-state index contributed by atoms with van der Waals surface area (Å²) in [4.78, 5) is 17.1. The van der Waals surface area contributed by atoms with Gasteiger partial charge in [0.05, 0.1) is 0 Å². The Morgan fingerprint density at radius 3 is 1.26 bits per heavy atom. The van der Waals surface area contributed by atoms with E-state index in [1.807, 2.05) is 0 Å². The van der Waals surface area contributed by atoms with Crippen LogP contribution < -0.4 is 0 Å². The molecule has 0 fully saturated rings. The summed E-state index contributed by atoms with van der Waals surface area (Å²) >= 11 is 0. The van der Waals surface area contributed by atoms with Gasteiger partial charge in [-0.2, -0.15) is 11.1 Å². The van der Waals surface area contributed by atoms with Crippen LogP contribution in [0.25, 0.3) is 0 Å². The van der Waals surface area contributed by atoms with Crippen LogP contribution in [0, 0.1) is 11.5 Å². The van der Waals surface area contributed by atoms with Gasteiger partial charge in [-0.3, -0.25) is 6.08 Å². The maximum Gasteiger partial charge on any atom is 0.503 e. The zero-order valence-corrected chi connectivity index (χ0v) is 13.1. The van der Waals surface area contributed by atoms with Crippen LogP contribution in [-0.2, 0) is 19.5 Å². The van der Waals surface area contributed by atoms with Gasteiger partial charge in [-0.05, 0) is 0 Å². The average molecular weight is 362 g/mol. The van der Waals surface area contributed by atoms with Crippen molar-refractivity contribution in [1.29, 1.82) is 0 Å². The van der Waals surface area contributed by atoms with Crippen molar-refractivity contribution in [3.05, 3.63) is 22.8 Å². The normalized spacial score (nSPS) is 14.9. The van der Waals surface area contributed by atoms with E-state index in [1.54, 1.807) is 0 Å². The van der Waals surface area contributed by atoms with Gasteiger partial charge in [-0.25, -0.2) is 15.2 Å². The van der Waals surface area contributed by atoms with Crippen LogP contribution in [0.4, 0.5) is 9.59 Å². The van der Waals surface area contributed by atoms with E-state index >= 15 is 0 Å². The number of rotatable bonds is 0. The van der Waals surface area contributed by atoms with E-state index < -0.39 is 12.3 Å². The fourth-order valence-corrected chi connectivity index (χ4v) is 1.41. The Bertz CT molecular complexity index is 362. The fraction of sp³-hybridized carbons (Fsp3) is 0.500. The second kappa shape index (κ2) is 9.56. The van der Waals surface area contributed by atoms with Crippen molar-refractivity contribution < 1.29 is 49.5 Å². The zero-order valence-electron chi connectivity index (χ0n) is 11.4. The fourth-order valence-electron chi connectivity index (χ4n) is 1.41. The number of carboxylic acid groups (broad SMARTS) is 4. The summed E-state index contributed by atoms with van der Waals surface area (Å²) in [5, 5.41) is 27.9. The van der Waals surface area contributed by atoms with E-state index in [-0.39, 0.29) is 24.9 Å². The Labute approximate surface area is 125 Å². The SMILES string of the molecule is CC1=[C-]C(C)(C)C(C)=C1C.O=C(O)O.O=C(O)O.[Rh]. The monoisotopic (exact) mass is 362 g/mol. The minimum absolute atomic E-state index is 0. The molecular formula is C12H19O6Rh-. The minimum Gasteiger partial charge on any atom is -0.450 e. The maximum absolute atomic E-state index is 8.56.